The molecule has 1 nitrogen and oxygen atoms in total. The number of Topliss-reactive ketones (excluding diaryl/α,β-unsaturated/α-hetero) is 1. The topological polar surface area (TPSA) is 17.1 Å². The molecule has 1 aliphatic rings. The SMILES string of the molecule is CC1=CC=CC(C)(c2ccc(F)cc2)C1=O. The molecule has 0 amide bonds. The molecule has 1 unspecified atom stereocenters. The molecule has 0 aliphatic heterocycles. The highest BCUT2D eigenvalue weighted by Gasteiger charge is 2.34. The molecule has 0 fully saturated rings. The Kier molecular flexibility index (Phi) is 2.50. The first-order chi connectivity index (χ1) is 7.54. The average molecular weight is 216 g/mol. The van der Waals surface area contributed by atoms with Crippen LogP contribution in [0.2, 0.25) is 0 Å². The maximum atomic E-state index is 12.8. The van der Waals surface area contributed by atoms with Crippen LogP contribution in [0, 0.1) is 5.82 Å². The number of hydrogen-bond acceptors (Lipinski definition) is 1. The predicted molar refractivity (Wildman–Crippen MR) is 61.7 cm³/mol. The van der Waals surface area contributed by atoms with Crippen molar-refractivity contribution in [2.75, 3.05) is 0 Å². The van der Waals surface area contributed by atoms with Crippen LogP contribution in [-0.4, -0.2) is 5.78 Å². The molecule has 0 bridgehead atoms. The summed E-state index contributed by atoms with van der Waals surface area (Å²) in [4.78, 5) is 12.1. The van der Waals surface area contributed by atoms with Crippen molar-refractivity contribution in [3.63, 3.8) is 0 Å². The minimum absolute atomic E-state index is 0.0709. The number of halogens is 1. The van der Waals surface area contributed by atoms with Crippen molar-refractivity contribution in [1.82, 2.24) is 0 Å². The first-order valence-corrected chi connectivity index (χ1v) is 5.21. The molecule has 0 heterocycles. The summed E-state index contributed by atoms with van der Waals surface area (Å²) in [6.45, 7) is 3.66. The van der Waals surface area contributed by atoms with Gasteiger partial charge < -0.3 is 0 Å². The summed E-state index contributed by atoms with van der Waals surface area (Å²) in [6, 6.07) is 6.09. The van der Waals surface area contributed by atoms with Gasteiger partial charge in [-0.3, -0.25) is 4.79 Å². The van der Waals surface area contributed by atoms with Gasteiger partial charge in [0.2, 0.25) is 0 Å². The third kappa shape index (κ3) is 1.60. The number of carbonyl (C=O) groups excluding carboxylic acids is 1. The molecule has 1 atom stereocenters. The van der Waals surface area contributed by atoms with Crippen molar-refractivity contribution in [3.05, 3.63) is 59.4 Å². The fourth-order valence-electron chi connectivity index (χ4n) is 1.97. The summed E-state index contributed by atoms with van der Waals surface area (Å²) in [5.41, 5.74) is 0.893. The Morgan fingerprint density at radius 3 is 2.44 bits per heavy atom. The molecule has 1 aliphatic carbocycles. The van der Waals surface area contributed by atoms with E-state index in [1.807, 2.05) is 19.1 Å². The maximum absolute atomic E-state index is 12.8. The van der Waals surface area contributed by atoms with E-state index in [1.165, 1.54) is 12.1 Å². The number of carbonyl (C=O) groups is 1. The molecule has 82 valence electrons. The second-order valence-corrected chi connectivity index (χ2v) is 4.25. The largest absolute Gasteiger partial charge is 0.293 e. The zero-order valence-corrected chi connectivity index (χ0v) is 9.33. The zero-order chi connectivity index (χ0) is 11.8. The van der Waals surface area contributed by atoms with E-state index < -0.39 is 5.41 Å². The van der Waals surface area contributed by atoms with Crippen molar-refractivity contribution in [2.45, 2.75) is 19.3 Å². The van der Waals surface area contributed by atoms with Crippen molar-refractivity contribution < 1.29 is 9.18 Å². The molecule has 2 rings (SSSR count). The fourth-order valence-corrected chi connectivity index (χ4v) is 1.97. The second kappa shape index (κ2) is 3.71. The third-order valence-corrected chi connectivity index (χ3v) is 3.05. The molecule has 0 saturated heterocycles. The first kappa shape index (κ1) is 10.8. The Hall–Kier alpha value is -1.70. The van der Waals surface area contributed by atoms with E-state index in [1.54, 1.807) is 25.1 Å². The summed E-state index contributed by atoms with van der Waals surface area (Å²) in [5, 5.41) is 0. The Morgan fingerprint density at radius 2 is 1.81 bits per heavy atom. The third-order valence-electron chi connectivity index (χ3n) is 3.05. The molecule has 0 radical (unpaired) electrons. The van der Waals surface area contributed by atoms with Gasteiger partial charge in [0.15, 0.2) is 5.78 Å². The standard InChI is InChI=1S/C14H13FO/c1-10-4-3-9-14(2,13(10)16)11-5-7-12(15)8-6-11/h3-9H,1-2H3. The van der Waals surface area contributed by atoms with Crippen molar-refractivity contribution in [1.29, 1.82) is 0 Å². The summed E-state index contributed by atoms with van der Waals surface area (Å²) >= 11 is 0. The first-order valence-electron chi connectivity index (χ1n) is 5.21. The van der Waals surface area contributed by atoms with Gasteiger partial charge in [-0.05, 0) is 37.1 Å². The van der Waals surface area contributed by atoms with E-state index in [2.05, 4.69) is 0 Å². The summed E-state index contributed by atoms with van der Waals surface area (Å²) in [7, 11) is 0. The van der Waals surface area contributed by atoms with Crippen LogP contribution in [0.4, 0.5) is 4.39 Å². The lowest BCUT2D eigenvalue weighted by Crippen LogP contribution is -2.32. The molecule has 0 spiro atoms. The van der Waals surface area contributed by atoms with E-state index in [9.17, 15) is 9.18 Å². The molecule has 0 aromatic heterocycles. The number of ketones is 1. The van der Waals surface area contributed by atoms with Crippen LogP contribution in [-0.2, 0) is 10.2 Å². The van der Waals surface area contributed by atoms with Crippen LogP contribution in [0.25, 0.3) is 0 Å². The molecule has 1 aromatic rings. The van der Waals surface area contributed by atoms with Crippen LogP contribution >= 0.6 is 0 Å². The second-order valence-electron chi connectivity index (χ2n) is 4.25. The smallest absolute Gasteiger partial charge is 0.172 e. The Bertz CT molecular complexity index is 482. The van der Waals surface area contributed by atoms with Gasteiger partial charge in [-0.1, -0.05) is 30.4 Å². The van der Waals surface area contributed by atoms with E-state index >= 15 is 0 Å². The average Bonchev–Trinajstić information content (AvgIpc) is 2.27. The lowest BCUT2D eigenvalue weighted by Gasteiger charge is -2.27. The minimum atomic E-state index is -0.660. The van der Waals surface area contributed by atoms with Gasteiger partial charge in [0, 0.05) is 0 Å². The number of rotatable bonds is 1. The monoisotopic (exact) mass is 216 g/mol. The van der Waals surface area contributed by atoms with Gasteiger partial charge >= 0.3 is 0 Å². The predicted octanol–water partition coefficient (Wildman–Crippen LogP) is 3.17. The van der Waals surface area contributed by atoms with Crippen LogP contribution in [0.1, 0.15) is 19.4 Å². The molecule has 0 N–H and O–H groups in total. The number of allylic oxidation sites excluding steroid dienone is 4. The van der Waals surface area contributed by atoms with Gasteiger partial charge in [-0.15, -0.1) is 0 Å². The van der Waals surface area contributed by atoms with Gasteiger partial charge in [-0.2, -0.15) is 0 Å². The molecule has 0 saturated carbocycles. The minimum Gasteiger partial charge on any atom is -0.293 e. The van der Waals surface area contributed by atoms with E-state index in [0.29, 0.717) is 0 Å². The van der Waals surface area contributed by atoms with E-state index in [4.69, 9.17) is 0 Å². The number of hydrogen-bond donors (Lipinski definition) is 0. The zero-order valence-electron chi connectivity index (χ0n) is 9.33. The highest BCUT2D eigenvalue weighted by atomic mass is 19.1. The molecule has 2 heteroatoms. The number of benzene rings is 1. The maximum Gasteiger partial charge on any atom is 0.172 e. The van der Waals surface area contributed by atoms with E-state index in [-0.39, 0.29) is 11.6 Å². The highest BCUT2D eigenvalue weighted by molar-refractivity contribution is 6.05. The van der Waals surface area contributed by atoms with Crippen LogP contribution in [0.3, 0.4) is 0 Å². The Labute approximate surface area is 94.3 Å². The lowest BCUT2D eigenvalue weighted by molar-refractivity contribution is -0.118. The van der Waals surface area contributed by atoms with Crippen molar-refractivity contribution in [3.8, 4) is 0 Å². The highest BCUT2D eigenvalue weighted by Crippen LogP contribution is 2.32. The van der Waals surface area contributed by atoms with Crippen molar-refractivity contribution in [2.24, 2.45) is 0 Å². The molecule has 16 heavy (non-hydrogen) atoms. The Morgan fingerprint density at radius 1 is 1.19 bits per heavy atom. The molecule has 1 aromatic carbocycles. The van der Waals surface area contributed by atoms with Gasteiger partial charge in [-0.25, -0.2) is 4.39 Å². The van der Waals surface area contributed by atoms with Gasteiger partial charge in [0.1, 0.15) is 5.82 Å². The quantitative estimate of drug-likeness (QED) is 0.704. The van der Waals surface area contributed by atoms with Crippen LogP contribution in [0.5, 0.6) is 0 Å². The van der Waals surface area contributed by atoms with Crippen LogP contribution < -0.4 is 0 Å². The van der Waals surface area contributed by atoms with Gasteiger partial charge in [0.25, 0.3) is 0 Å². The molecular weight excluding hydrogens is 203 g/mol. The fraction of sp³-hybridized carbons (Fsp3) is 0.214. The Balaban J connectivity index is 2.47. The van der Waals surface area contributed by atoms with Crippen LogP contribution in [0.15, 0.2) is 48.1 Å². The lowest BCUT2D eigenvalue weighted by atomic mass is 9.74. The normalized spacial score (nSPS) is 24.4. The van der Waals surface area contributed by atoms with E-state index in [0.717, 1.165) is 11.1 Å². The summed E-state index contributed by atoms with van der Waals surface area (Å²) in [5.74, 6) is -0.214. The van der Waals surface area contributed by atoms with Crippen molar-refractivity contribution >= 4 is 5.78 Å². The summed E-state index contributed by atoms with van der Waals surface area (Å²) in [6.07, 6.45) is 5.53. The molecular formula is C14H13FO. The van der Waals surface area contributed by atoms with Gasteiger partial charge in [0.05, 0.1) is 5.41 Å². The summed E-state index contributed by atoms with van der Waals surface area (Å²) < 4.78 is 12.8.